The van der Waals surface area contributed by atoms with Crippen LogP contribution in [0.1, 0.15) is 51.7 Å². The maximum atomic E-state index is 13.3. The molecule has 4 heteroatoms. The summed E-state index contributed by atoms with van der Waals surface area (Å²) >= 11 is 0. The average Bonchev–Trinajstić information content (AvgIpc) is 2.73. The Hall–Kier alpha value is -2.62. The molecule has 1 fully saturated rings. The van der Waals surface area contributed by atoms with Crippen molar-refractivity contribution in [2.24, 2.45) is 11.3 Å². The maximum absolute atomic E-state index is 13.3. The quantitative estimate of drug-likeness (QED) is 0.715. The van der Waals surface area contributed by atoms with Crippen LogP contribution in [0.15, 0.2) is 48.5 Å². The van der Waals surface area contributed by atoms with Crippen molar-refractivity contribution in [3.63, 3.8) is 0 Å². The van der Waals surface area contributed by atoms with Gasteiger partial charge in [-0.3, -0.25) is 9.59 Å². The second kappa shape index (κ2) is 9.67. The minimum Gasteiger partial charge on any atom is -0.353 e. The zero-order valence-corrected chi connectivity index (χ0v) is 19.6. The van der Waals surface area contributed by atoms with Gasteiger partial charge in [-0.25, -0.2) is 0 Å². The summed E-state index contributed by atoms with van der Waals surface area (Å²) in [5, 5.41) is 3.14. The number of hydrogen-bond donors (Lipinski definition) is 1. The molecule has 1 saturated heterocycles. The lowest BCUT2D eigenvalue weighted by Gasteiger charge is -2.41. The molecule has 1 heterocycles. The molecule has 2 aromatic carbocycles. The second-order valence-corrected chi connectivity index (χ2v) is 9.63. The summed E-state index contributed by atoms with van der Waals surface area (Å²) in [5.74, 6) is 0.286. The number of likely N-dealkylation sites (tertiary alicyclic amines) is 1. The van der Waals surface area contributed by atoms with Crippen LogP contribution in [-0.4, -0.2) is 35.8 Å². The van der Waals surface area contributed by atoms with Crippen molar-refractivity contribution in [3.05, 3.63) is 59.7 Å². The molecule has 0 aliphatic carbocycles. The summed E-state index contributed by atoms with van der Waals surface area (Å²) in [6.45, 7) is 11.3. The molecule has 166 valence electrons. The number of amides is 2. The van der Waals surface area contributed by atoms with E-state index in [9.17, 15) is 9.59 Å². The first-order chi connectivity index (χ1) is 14.7. The Bertz CT molecular complexity index is 907. The summed E-state index contributed by atoms with van der Waals surface area (Å²) in [6.07, 6.45) is 2.09. The fourth-order valence-corrected chi connectivity index (χ4v) is 4.45. The average molecular weight is 421 g/mol. The number of carbonyl (C=O) groups is 2. The van der Waals surface area contributed by atoms with Gasteiger partial charge in [0.2, 0.25) is 11.8 Å². The van der Waals surface area contributed by atoms with Gasteiger partial charge in [-0.2, -0.15) is 0 Å². The predicted octanol–water partition coefficient (Wildman–Crippen LogP) is 4.99. The lowest BCUT2D eigenvalue weighted by Crippen LogP contribution is -2.53. The molecule has 1 N–H and O–H groups in total. The van der Waals surface area contributed by atoms with Gasteiger partial charge < -0.3 is 10.2 Å². The molecule has 0 saturated carbocycles. The molecule has 0 spiro atoms. The zero-order chi connectivity index (χ0) is 22.6. The van der Waals surface area contributed by atoms with Gasteiger partial charge in [-0.1, -0.05) is 67.9 Å². The number of carbonyl (C=O) groups excluding carboxylic acids is 2. The third-order valence-electron chi connectivity index (χ3n) is 6.28. The number of benzene rings is 2. The van der Waals surface area contributed by atoms with Crippen LogP contribution in [0.5, 0.6) is 0 Å². The fraction of sp³-hybridized carbons (Fsp3) is 0.481. The van der Waals surface area contributed by atoms with Crippen molar-refractivity contribution < 1.29 is 9.59 Å². The van der Waals surface area contributed by atoms with Gasteiger partial charge in [0.05, 0.1) is 5.41 Å². The van der Waals surface area contributed by atoms with Gasteiger partial charge in [0.25, 0.3) is 0 Å². The summed E-state index contributed by atoms with van der Waals surface area (Å²) in [6, 6.07) is 17.2. The molecule has 0 atom stereocenters. The van der Waals surface area contributed by atoms with E-state index >= 15 is 0 Å². The lowest BCUT2D eigenvalue weighted by molar-refractivity contribution is -0.142. The standard InChI is InChI=1S/C27H36N2O2/c1-19(2)25(30)29-15-13-27(14-16-29,26(31)28-20(3)4)18-22-9-11-23(12-10-22)24-8-6-7-21(5)17-24/h6-12,17,19-20H,13-16,18H2,1-5H3,(H,28,31). The molecule has 1 aliphatic heterocycles. The largest absolute Gasteiger partial charge is 0.353 e. The van der Waals surface area contributed by atoms with Crippen molar-refractivity contribution in [1.82, 2.24) is 10.2 Å². The molecular weight excluding hydrogens is 384 g/mol. The Morgan fingerprint density at radius 3 is 2.16 bits per heavy atom. The first kappa shape index (κ1) is 23.1. The van der Waals surface area contributed by atoms with E-state index in [2.05, 4.69) is 60.8 Å². The number of piperidine rings is 1. The van der Waals surface area contributed by atoms with Gasteiger partial charge in [0, 0.05) is 25.0 Å². The van der Waals surface area contributed by atoms with Crippen LogP contribution < -0.4 is 5.32 Å². The monoisotopic (exact) mass is 420 g/mol. The van der Waals surface area contributed by atoms with Gasteiger partial charge >= 0.3 is 0 Å². The van der Waals surface area contributed by atoms with E-state index in [0.717, 1.165) is 0 Å². The van der Waals surface area contributed by atoms with Gasteiger partial charge in [0.15, 0.2) is 0 Å². The van der Waals surface area contributed by atoms with Crippen molar-refractivity contribution in [2.45, 2.75) is 59.9 Å². The van der Waals surface area contributed by atoms with Crippen LogP contribution in [0.3, 0.4) is 0 Å². The summed E-state index contributed by atoms with van der Waals surface area (Å²) in [4.78, 5) is 27.6. The van der Waals surface area contributed by atoms with Crippen LogP contribution in [0.2, 0.25) is 0 Å². The SMILES string of the molecule is Cc1cccc(-c2ccc(CC3(C(=O)NC(C)C)CCN(C(=O)C(C)C)CC3)cc2)c1. The summed E-state index contributed by atoms with van der Waals surface area (Å²) < 4.78 is 0. The highest BCUT2D eigenvalue weighted by atomic mass is 16.2. The Kier molecular flexibility index (Phi) is 7.19. The summed E-state index contributed by atoms with van der Waals surface area (Å²) in [5.41, 5.74) is 4.33. The maximum Gasteiger partial charge on any atom is 0.226 e. The number of hydrogen-bond acceptors (Lipinski definition) is 2. The minimum atomic E-state index is -0.469. The number of aryl methyl sites for hydroxylation is 1. The van der Waals surface area contributed by atoms with E-state index in [1.807, 2.05) is 32.6 Å². The van der Waals surface area contributed by atoms with Crippen LogP contribution in [0.4, 0.5) is 0 Å². The van der Waals surface area contributed by atoms with Crippen molar-refractivity contribution >= 4 is 11.8 Å². The highest BCUT2D eigenvalue weighted by molar-refractivity contribution is 5.84. The Morgan fingerprint density at radius 1 is 0.968 bits per heavy atom. The Labute approximate surface area is 187 Å². The Balaban J connectivity index is 1.79. The molecule has 3 rings (SSSR count). The van der Waals surface area contributed by atoms with E-state index in [0.29, 0.717) is 32.4 Å². The van der Waals surface area contributed by atoms with Crippen LogP contribution in [-0.2, 0) is 16.0 Å². The van der Waals surface area contributed by atoms with Crippen molar-refractivity contribution in [1.29, 1.82) is 0 Å². The topological polar surface area (TPSA) is 49.4 Å². The first-order valence-electron chi connectivity index (χ1n) is 11.5. The van der Waals surface area contributed by atoms with Crippen LogP contribution >= 0.6 is 0 Å². The molecule has 1 aliphatic rings. The molecule has 4 nitrogen and oxygen atoms in total. The highest BCUT2D eigenvalue weighted by Crippen LogP contribution is 2.36. The van der Waals surface area contributed by atoms with E-state index in [1.165, 1.54) is 22.3 Å². The number of rotatable bonds is 6. The first-order valence-corrected chi connectivity index (χ1v) is 11.5. The predicted molar refractivity (Wildman–Crippen MR) is 127 cm³/mol. The van der Waals surface area contributed by atoms with Gasteiger partial charge in [-0.05, 0) is 56.7 Å². The van der Waals surface area contributed by atoms with E-state index < -0.39 is 5.41 Å². The van der Waals surface area contributed by atoms with Gasteiger partial charge in [0.1, 0.15) is 0 Å². The van der Waals surface area contributed by atoms with Crippen molar-refractivity contribution in [2.75, 3.05) is 13.1 Å². The third kappa shape index (κ3) is 5.55. The van der Waals surface area contributed by atoms with E-state index in [4.69, 9.17) is 0 Å². The summed E-state index contributed by atoms with van der Waals surface area (Å²) in [7, 11) is 0. The van der Waals surface area contributed by atoms with Crippen molar-refractivity contribution in [3.8, 4) is 11.1 Å². The number of nitrogens with one attached hydrogen (secondary N) is 1. The normalized spacial score (nSPS) is 15.9. The highest BCUT2D eigenvalue weighted by Gasteiger charge is 2.42. The molecule has 31 heavy (non-hydrogen) atoms. The Morgan fingerprint density at radius 2 is 1.61 bits per heavy atom. The number of nitrogens with zero attached hydrogens (tertiary/aromatic N) is 1. The zero-order valence-electron chi connectivity index (χ0n) is 19.6. The van der Waals surface area contributed by atoms with Gasteiger partial charge in [-0.15, -0.1) is 0 Å². The molecular formula is C27H36N2O2. The lowest BCUT2D eigenvalue weighted by atomic mass is 9.72. The van der Waals surface area contributed by atoms with Crippen LogP contribution in [0, 0.1) is 18.3 Å². The molecule has 0 aromatic heterocycles. The minimum absolute atomic E-state index is 0.00819. The van der Waals surface area contributed by atoms with Crippen LogP contribution in [0.25, 0.3) is 11.1 Å². The molecule has 2 aromatic rings. The van der Waals surface area contributed by atoms with E-state index in [1.54, 1.807) is 0 Å². The smallest absolute Gasteiger partial charge is 0.226 e. The molecule has 0 unspecified atom stereocenters. The second-order valence-electron chi connectivity index (χ2n) is 9.63. The molecule has 2 amide bonds. The fourth-order valence-electron chi connectivity index (χ4n) is 4.45. The molecule has 0 bridgehead atoms. The van der Waals surface area contributed by atoms with E-state index in [-0.39, 0.29) is 23.8 Å². The third-order valence-corrected chi connectivity index (χ3v) is 6.28. The molecule has 0 radical (unpaired) electrons.